The molecule has 3 fully saturated rings. The molecular weight excluding hydrogens is 452 g/mol. The van der Waals surface area contributed by atoms with E-state index in [1.54, 1.807) is 0 Å². The van der Waals surface area contributed by atoms with Gasteiger partial charge in [0.05, 0.1) is 25.9 Å². The zero-order chi connectivity index (χ0) is 24.6. The average molecular weight is 480 g/mol. The van der Waals surface area contributed by atoms with E-state index in [1.165, 1.54) is 6.08 Å². The minimum atomic E-state index is -2.39. The molecule has 33 heavy (non-hydrogen) atoms. The van der Waals surface area contributed by atoms with Gasteiger partial charge in [-0.1, -0.05) is 6.08 Å². The molecule has 0 unspecified atom stereocenters. The van der Waals surface area contributed by atoms with E-state index >= 15 is 0 Å². The molecule has 10 atom stereocenters. The first-order valence-electron chi connectivity index (χ1n) is 10.2. The molecule has 1 spiro atoms. The summed E-state index contributed by atoms with van der Waals surface area (Å²) in [5.74, 6) is -7.58. The first kappa shape index (κ1) is 25.9. The molecule has 3 saturated heterocycles. The number of esters is 1. The van der Waals surface area contributed by atoms with Crippen molar-refractivity contribution in [1.29, 1.82) is 0 Å². The summed E-state index contributed by atoms with van der Waals surface area (Å²) in [6, 6.07) is 0. The zero-order valence-electron chi connectivity index (χ0n) is 17.4. The van der Waals surface area contributed by atoms with E-state index in [0.717, 1.165) is 0 Å². The number of aliphatic hydroxyl groups is 6. The molecule has 0 saturated carbocycles. The Balaban J connectivity index is 1.97. The van der Waals surface area contributed by atoms with Crippen LogP contribution in [0.4, 0.5) is 0 Å². The Morgan fingerprint density at radius 3 is 2.33 bits per heavy atom. The standard InChI is InChI=1S/C19H28O14/c1-2-3-29-18(16(26)27)5-11-15(14(33-18)10(24)7-21)30-17(28)19(31-11)4-8(22)12(25)13(32-19)9(23)6-20/h2,8-15,20-25H,1,3-7H2,(H,26,27)/t8-,9-,10-,11-,12-,13-,14-,15-,18-,19-/m1/s1. The van der Waals surface area contributed by atoms with E-state index in [1.807, 2.05) is 0 Å². The molecule has 0 aliphatic carbocycles. The van der Waals surface area contributed by atoms with Crippen molar-refractivity contribution in [3.63, 3.8) is 0 Å². The highest BCUT2D eigenvalue weighted by atomic mass is 16.8. The molecule has 0 aromatic carbocycles. The van der Waals surface area contributed by atoms with Gasteiger partial charge in [0.15, 0.2) is 6.10 Å². The Bertz CT molecular complexity index is 746. The molecule has 0 radical (unpaired) electrons. The van der Waals surface area contributed by atoms with Crippen molar-refractivity contribution < 1.29 is 69.0 Å². The quantitative estimate of drug-likeness (QED) is 0.130. The van der Waals surface area contributed by atoms with Crippen LogP contribution in [0.25, 0.3) is 0 Å². The van der Waals surface area contributed by atoms with E-state index < -0.39 is 98.4 Å². The predicted molar refractivity (Wildman–Crippen MR) is 101 cm³/mol. The normalized spacial score (nSPS) is 42.8. The smallest absolute Gasteiger partial charge is 0.367 e. The minimum Gasteiger partial charge on any atom is -0.477 e. The fraction of sp³-hybridized carbons (Fsp3) is 0.789. The van der Waals surface area contributed by atoms with Gasteiger partial charge in [-0.25, -0.2) is 9.59 Å². The molecular formula is C19H28O14. The number of rotatable bonds is 8. The number of hydrogen-bond donors (Lipinski definition) is 7. The second-order valence-electron chi connectivity index (χ2n) is 8.07. The number of fused-ring (bicyclic) bond motifs is 1. The summed E-state index contributed by atoms with van der Waals surface area (Å²) >= 11 is 0. The molecule has 3 heterocycles. The molecule has 3 aliphatic heterocycles. The van der Waals surface area contributed by atoms with Gasteiger partial charge in [-0.2, -0.15) is 0 Å². The van der Waals surface area contributed by atoms with E-state index in [4.69, 9.17) is 23.7 Å². The van der Waals surface area contributed by atoms with Gasteiger partial charge in [-0.3, -0.25) is 0 Å². The summed E-state index contributed by atoms with van der Waals surface area (Å²) in [4.78, 5) is 25.0. The Morgan fingerprint density at radius 1 is 1.12 bits per heavy atom. The van der Waals surface area contributed by atoms with Crippen molar-refractivity contribution >= 4 is 11.9 Å². The van der Waals surface area contributed by atoms with Gasteiger partial charge < -0.3 is 59.4 Å². The van der Waals surface area contributed by atoms with Crippen molar-refractivity contribution in [2.24, 2.45) is 0 Å². The number of carboxylic acid groups (broad SMARTS) is 1. The predicted octanol–water partition coefficient (Wildman–Crippen LogP) is -4.02. The van der Waals surface area contributed by atoms with Crippen LogP contribution in [0.5, 0.6) is 0 Å². The van der Waals surface area contributed by atoms with Gasteiger partial charge in [0.2, 0.25) is 0 Å². The van der Waals surface area contributed by atoms with Gasteiger partial charge in [-0.15, -0.1) is 6.58 Å². The summed E-state index contributed by atoms with van der Waals surface area (Å²) in [6.45, 7) is 1.41. The highest BCUT2D eigenvalue weighted by molar-refractivity contribution is 5.80. The molecule has 0 aromatic heterocycles. The Hall–Kier alpha value is -1.72. The second-order valence-corrected chi connectivity index (χ2v) is 8.07. The van der Waals surface area contributed by atoms with Crippen LogP contribution in [-0.4, -0.2) is 128 Å². The minimum absolute atomic E-state index is 0.275. The topological polar surface area (TPSA) is 222 Å². The van der Waals surface area contributed by atoms with Crippen LogP contribution in [0.1, 0.15) is 12.8 Å². The molecule has 3 rings (SSSR count). The first-order valence-corrected chi connectivity index (χ1v) is 10.2. The lowest BCUT2D eigenvalue weighted by Gasteiger charge is -2.54. The fourth-order valence-electron chi connectivity index (χ4n) is 4.14. The largest absolute Gasteiger partial charge is 0.477 e. The molecule has 3 aliphatic rings. The number of carbonyl (C=O) groups excluding carboxylic acids is 1. The van der Waals surface area contributed by atoms with Gasteiger partial charge >= 0.3 is 11.9 Å². The van der Waals surface area contributed by atoms with E-state index in [0.29, 0.717) is 0 Å². The number of carbonyl (C=O) groups is 2. The molecule has 188 valence electrons. The van der Waals surface area contributed by atoms with Crippen LogP contribution in [0.3, 0.4) is 0 Å². The lowest BCUT2D eigenvalue weighted by molar-refractivity contribution is -0.396. The average Bonchev–Trinajstić information content (AvgIpc) is 2.79. The third-order valence-electron chi connectivity index (χ3n) is 5.81. The summed E-state index contributed by atoms with van der Waals surface area (Å²) in [7, 11) is 0. The Morgan fingerprint density at radius 2 is 1.76 bits per heavy atom. The molecule has 0 amide bonds. The number of aliphatic hydroxyl groups excluding tert-OH is 6. The maximum atomic E-state index is 12.9. The van der Waals surface area contributed by atoms with E-state index in [-0.39, 0.29) is 6.61 Å². The van der Waals surface area contributed by atoms with Crippen molar-refractivity contribution in [3.05, 3.63) is 12.7 Å². The van der Waals surface area contributed by atoms with Crippen LogP contribution < -0.4 is 0 Å². The van der Waals surface area contributed by atoms with Gasteiger partial charge in [-0.05, 0) is 0 Å². The zero-order valence-corrected chi connectivity index (χ0v) is 17.4. The highest BCUT2D eigenvalue weighted by Gasteiger charge is 2.65. The lowest BCUT2D eigenvalue weighted by atomic mass is 9.88. The summed E-state index contributed by atoms with van der Waals surface area (Å²) in [6.07, 6.45) is -12.7. The van der Waals surface area contributed by atoms with Crippen molar-refractivity contribution in [1.82, 2.24) is 0 Å². The molecule has 14 nitrogen and oxygen atoms in total. The monoisotopic (exact) mass is 480 g/mol. The Labute approximate surface area is 187 Å². The highest BCUT2D eigenvalue weighted by Crippen LogP contribution is 2.44. The van der Waals surface area contributed by atoms with Crippen LogP contribution >= 0.6 is 0 Å². The van der Waals surface area contributed by atoms with E-state index in [9.17, 15) is 45.3 Å². The van der Waals surface area contributed by atoms with Crippen molar-refractivity contribution in [2.45, 2.75) is 73.2 Å². The fourth-order valence-corrected chi connectivity index (χ4v) is 4.14. The van der Waals surface area contributed by atoms with E-state index in [2.05, 4.69) is 6.58 Å². The second kappa shape index (κ2) is 9.87. The summed E-state index contributed by atoms with van der Waals surface area (Å²) in [5.41, 5.74) is 0. The summed E-state index contributed by atoms with van der Waals surface area (Å²) in [5, 5.41) is 69.0. The van der Waals surface area contributed by atoms with Gasteiger partial charge in [0.1, 0.15) is 36.6 Å². The lowest BCUT2D eigenvalue weighted by Crippen LogP contribution is -2.72. The number of carboxylic acids is 1. The first-order chi connectivity index (χ1) is 15.5. The molecule has 0 aromatic rings. The Kier molecular flexibility index (Phi) is 7.75. The van der Waals surface area contributed by atoms with Crippen molar-refractivity contribution in [2.75, 3.05) is 19.8 Å². The number of ether oxygens (including phenoxy) is 5. The van der Waals surface area contributed by atoms with Crippen LogP contribution in [0, 0.1) is 0 Å². The van der Waals surface area contributed by atoms with Crippen LogP contribution in [-0.2, 0) is 33.3 Å². The molecule has 7 N–H and O–H groups in total. The SMILES string of the molecule is C=CCO[C@]1(C(=O)O)C[C@H]2O[C@@]3(C[C@@H](O)[C@@H](O)[C@@H]([C@H](O)CO)O3)C(=O)O[C@H]2[C@@H]([C@H](O)CO)O1. The molecule has 14 heteroatoms. The molecule has 0 bridgehead atoms. The van der Waals surface area contributed by atoms with Gasteiger partial charge in [0, 0.05) is 12.8 Å². The maximum absolute atomic E-state index is 12.9. The third kappa shape index (κ3) is 4.64. The summed E-state index contributed by atoms with van der Waals surface area (Å²) < 4.78 is 27.4. The maximum Gasteiger partial charge on any atom is 0.367 e. The third-order valence-corrected chi connectivity index (χ3v) is 5.81. The van der Waals surface area contributed by atoms with Crippen molar-refractivity contribution in [3.8, 4) is 0 Å². The van der Waals surface area contributed by atoms with Gasteiger partial charge in [0.25, 0.3) is 11.6 Å². The van der Waals surface area contributed by atoms with Crippen LogP contribution in [0.2, 0.25) is 0 Å². The number of aliphatic carboxylic acids is 1. The van der Waals surface area contributed by atoms with Crippen LogP contribution in [0.15, 0.2) is 12.7 Å². The number of hydrogen-bond acceptors (Lipinski definition) is 13.